The molecule has 0 bridgehead atoms. The number of rotatable bonds is 6. The highest BCUT2D eigenvalue weighted by Crippen LogP contribution is 2.20. The van der Waals surface area contributed by atoms with Crippen LogP contribution in [-0.2, 0) is 11.3 Å². The summed E-state index contributed by atoms with van der Waals surface area (Å²) in [4.78, 5) is 15.3. The molecule has 0 aliphatic carbocycles. The lowest BCUT2D eigenvalue weighted by Crippen LogP contribution is -2.41. The van der Waals surface area contributed by atoms with Crippen LogP contribution in [0.4, 0.5) is 5.82 Å². The predicted molar refractivity (Wildman–Crippen MR) is 87.8 cm³/mol. The first-order chi connectivity index (χ1) is 11.4. The maximum absolute atomic E-state index is 5.63. The van der Waals surface area contributed by atoms with Gasteiger partial charge in [0.15, 0.2) is 0 Å². The number of hydrogen-bond acceptors (Lipinski definition) is 7. The number of aromatic nitrogens is 3. The number of morpholine rings is 1. The van der Waals surface area contributed by atoms with Gasteiger partial charge in [-0.1, -0.05) is 6.07 Å². The van der Waals surface area contributed by atoms with Crippen LogP contribution in [0.15, 0.2) is 36.8 Å². The molecule has 0 aromatic carbocycles. The summed E-state index contributed by atoms with van der Waals surface area (Å²) in [5.41, 5.74) is 7.51. The summed E-state index contributed by atoms with van der Waals surface area (Å²) in [5, 5.41) is 3.39. The van der Waals surface area contributed by atoms with Crippen LogP contribution in [-0.4, -0.2) is 52.7 Å². The van der Waals surface area contributed by atoms with Crippen LogP contribution in [0.5, 0.6) is 0 Å². The van der Waals surface area contributed by atoms with Gasteiger partial charge >= 0.3 is 0 Å². The third-order valence-corrected chi connectivity index (χ3v) is 3.93. The molecule has 0 amide bonds. The van der Waals surface area contributed by atoms with E-state index in [4.69, 9.17) is 10.5 Å². The molecule has 23 heavy (non-hydrogen) atoms. The van der Waals surface area contributed by atoms with Gasteiger partial charge in [-0.05, 0) is 12.1 Å². The van der Waals surface area contributed by atoms with Crippen molar-refractivity contribution in [1.29, 1.82) is 0 Å². The van der Waals surface area contributed by atoms with Crippen LogP contribution in [0.2, 0.25) is 0 Å². The summed E-state index contributed by atoms with van der Waals surface area (Å²) < 4.78 is 5.46. The lowest BCUT2D eigenvalue weighted by atomic mass is 10.1. The standard InChI is InChI=1S/C16H22N6O/c17-10-13-9-16(21-12-20-13)19-11-15(14-3-1-2-4-18-14)22-5-7-23-8-6-22/h1-4,9,12,15H,5-8,10-11,17H2,(H,19,20,21). The van der Waals surface area contributed by atoms with E-state index < -0.39 is 0 Å². The van der Waals surface area contributed by atoms with Crippen LogP contribution >= 0.6 is 0 Å². The zero-order chi connectivity index (χ0) is 15.9. The van der Waals surface area contributed by atoms with E-state index in [2.05, 4.69) is 31.2 Å². The third-order valence-electron chi connectivity index (χ3n) is 3.93. The first kappa shape index (κ1) is 15.8. The van der Waals surface area contributed by atoms with E-state index in [1.807, 2.05) is 24.4 Å². The number of hydrogen-bond donors (Lipinski definition) is 2. The zero-order valence-corrected chi connectivity index (χ0v) is 13.1. The largest absolute Gasteiger partial charge is 0.379 e. The molecule has 7 heteroatoms. The lowest BCUT2D eigenvalue weighted by molar-refractivity contribution is 0.0179. The fourth-order valence-electron chi connectivity index (χ4n) is 2.69. The smallest absolute Gasteiger partial charge is 0.129 e. The minimum atomic E-state index is 0.177. The van der Waals surface area contributed by atoms with Crippen LogP contribution in [0.1, 0.15) is 17.4 Å². The van der Waals surface area contributed by atoms with E-state index in [1.165, 1.54) is 6.33 Å². The lowest BCUT2D eigenvalue weighted by Gasteiger charge is -2.34. The van der Waals surface area contributed by atoms with E-state index in [0.29, 0.717) is 6.54 Å². The molecule has 1 saturated heterocycles. The van der Waals surface area contributed by atoms with Crippen molar-refractivity contribution in [1.82, 2.24) is 19.9 Å². The number of nitrogens with one attached hydrogen (secondary N) is 1. The Morgan fingerprint density at radius 3 is 2.83 bits per heavy atom. The number of ether oxygens (including phenoxy) is 1. The molecule has 1 aliphatic heterocycles. The van der Waals surface area contributed by atoms with Gasteiger partial charge in [-0.3, -0.25) is 9.88 Å². The maximum atomic E-state index is 5.63. The normalized spacial score (nSPS) is 16.9. The second kappa shape index (κ2) is 7.96. The molecular formula is C16H22N6O. The van der Waals surface area contributed by atoms with Crippen molar-refractivity contribution in [2.24, 2.45) is 5.73 Å². The summed E-state index contributed by atoms with van der Waals surface area (Å²) in [5.74, 6) is 0.787. The molecule has 1 aliphatic rings. The van der Waals surface area contributed by atoms with Gasteiger partial charge in [0.25, 0.3) is 0 Å². The van der Waals surface area contributed by atoms with E-state index >= 15 is 0 Å². The SMILES string of the molecule is NCc1cc(NCC(c2ccccn2)N2CCOCC2)ncn1. The minimum Gasteiger partial charge on any atom is -0.379 e. The van der Waals surface area contributed by atoms with Gasteiger partial charge in [-0.25, -0.2) is 9.97 Å². The maximum Gasteiger partial charge on any atom is 0.129 e. The molecule has 122 valence electrons. The van der Waals surface area contributed by atoms with E-state index in [1.54, 1.807) is 0 Å². The molecule has 0 radical (unpaired) electrons. The Morgan fingerprint density at radius 2 is 2.09 bits per heavy atom. The Bertz CT molecular complexity index is 603. The Labute approximate surface area is 135 Å². The summed E-state index contributed by atoms with van der Waals surface area (Å²) in [6, 6.07) is 8.08. The van der Waals surface area contributed by atoms with Gasteiger partial charge in [0, 0.05) is 38.4 Å². The van der Waals surface area contributed by atoms with Gasteiger partial charge in [0.1, 0.15) is 12.1 Å². The molecule has 0 saturated carbocycles. The van der Waals surface area contributed by atoms with E-state index in [9.17, 15) is 0 Å². The minimum absolute atomic E-state index is 0.177. The van der Waals surface area contributed by atoms with Crippen LogP contribution in [0, 0.1) is 0 Å². The van der Waals surface area contributed by atoms with Crippen molar-refractivity contribution >= 4 is 5.82 Å². The van der Waals surface area contributed by atoms with Crippen LogP contribution in [0.3, 0.4) is 0 Å². The molecule has 7 nitrogen and oxygen atoms in total. The molecule has 1 unspecified atom stereocenters. The molecule has 2 aromatic rings. The van der Waals surface area contributed by atoms with Gasteiger partial charge < -0.3 is 15.8 Å². The van der Waals surface area contributed by atoms with Crippen molar-refractivity contribution in [3.05, 3.63) is 48.2 Å². The molecule has 0 spiro atoms. The van der Waals surface area contributed by atoms with Crippen molar-refractivity contribution in [2.45, 2.75) is 12.6 Å². The monoisotopic (exact) mass is 314 g/mol. The molecule has 1 atom stereocenters. The molecule has 1 fully saturated rings. The predicted octanol–water partition coefficient (Wildman–Crippen LogP) is 0.816. The topological polar surface area (TPSA) is 89.2 Å². The van der Waals surface area contributed by atoms with Gasteiger partial charge in [0.2, 0.25) is 0 Å². The summed E-state index contributed by atoms with van der Waals surface area (Å²) >= 11 is 0. The average Bonchev–Trinajstić information content (AvgIpc) is 2.64. The third kappa shape index (κ3) is 4.22. The highest BCUT2D eigenvalue weighted by atomic mass is 16.5. The second-order valence-corrected chi connectivity index (χ2v) is 5.40. The zero-order valence-electron chi connectivity index (χ0n) is 13.1. The van der Waals surface area contributed by atoms with Crippen molar-refractivity contribution < 1.29 is 4.74 Å². The Morgan fingerprint density at radius 1 is 1.22 bits per heavy atom. The molecule has 3 rings (SSSR count). The van der Waals surface area contributed by atoms with Gasteiger partial charge in [-0.15, -0.1) is 0 Å². The Hall–Kier alpha value is -2.09. The highest BCUT2D eigenvalue weighted by Gasteiger charge is 2.23. The summed E-state index contributed by atoms with van der Waals surface area (Å²) in [6.45, 7) is 4.45. The average molecular weight is 314 g/mol. The fraction of sp³-hybridized carbons (Fsp3) is 0.438. The number of nitrogens with two attached hydrogens (primary N) is 1. The van der Waals surface area contributed by atoms with Gasteiger partial charge in [-0.2, -0.15) is 0 Å². The van der Waals surface area contributed by atoms with E-state index in [0.717, 1.165) is 50.1 Å². The molecule has 2 aromatic heterocycles. The van der Waals surface area contributed by atoms with Crippen molar-refractivity contribution in [3.8, 4) is 0 Å². The number of nitrogens with zero attached hydrogens (tertiary/aromatic N) is 4. The van der Waals surface area contributed by atoms with Crippen molar-refractivity contribution in [2.75, 3.05) is 38.2 Å². The second-order valence-electron chi connectivity index (χ2n) is 5.40. The number of anilines is 1. The van der Waals surface area contributed by atoms with Crippen LogP contribution < -0.4 is 11.1 Å². The van der Waals surface area contributed by atoms with E-state index in [-0.39, 0.29) is 6.04 Å². The molecule has 3 heterocycles. The van der Waals surface area contributed by atoms with Crippen LogP contribution in [0.25, 0.3) is 0 Å². The van der Waals surface area contributed by atoms with Gasteiger partial charge in [0.05, 0.1) is 30.6 Å². The first-order valence-electron chi connectivity index (χ1n) is 7.84. The Balaban J connectivity index is 1.72. The fourth-order valence-corrected chi connectivity index (χ4v) is 2.69. The molecular weight excluding hydrogens is 292 g/mol. The highest BCUT2D eigenvalue weighted by molar-refractivity contribution is 5.35. The quantitative estimate of drug-likeness (QED) is 0.815. The molecule has 3 N–H and O–H groups in total. The van der Waals surface area contributed by atoms with Crippen molar-refractivity contribution in [3.63, 3.8) is 0 Å². The Kier molecular flexibility index (Phi) is 5.46. The summed E-state index contributed by atoms with van der Waals surface area (Å²) in [7, 11) is 0. The summed E-state index contributed by atoms with van der Waals surface area (Å²) in [6.07, 6.45) is 3.37. The first-order valence-corrected chi connectivity index (χ1v) is 7.84. The number of pyridine rings is 1.